The van der Waals surface area contributed by atoms with Crippen LogP contribution in [0.25, 0.3) is 0 Å². The highest BCUT2D eigenvalue weighted by Gasteiger charge is 2.10. The topological polar surface area (TPSA) is 97.4 Å². The highest BCUT2D eigenvalue weighted by atomic mass is 32.2. The Morgan fingerprint density at radius 3 is 2.72 bits per heavy atom. The Morgan fingerprint density at radius 1 is 1.28 bits per heavy atom. The molecule has 0 radical (unpaired) electrons. The van der Waals surface area contributed by atoms with E-state index in [2.05, 4.69) is 15.0 Å². The minimum Gasteiger partial charge on any atom is -0.494 e. The molecule has 0 bridgehead atoms. The Morgan fingerprint density at radius 2 is 2.08 bits per heavy atom. The van der Waals surface area contributed by atoms with E-state index < -0.39 is 10.0 Å². The van der Waals surface area contributed by atoms with E-state index in [1.807, 2.05) is 18.2 Å². The third-order valence-corrected chi connectivity index (χ3v) is 4.55. The van der Waals surface area contributed by atoms with Crippen LogP contribution in [-0.2, 0) is 20.6 Å². The van der Waals surface area contributed by atoms with Crippen molar-refractivity contribution in [1.29, 1.82) is 0 Å². The average Bonchev–Trinajstić information content (AvgIpc) is 2.56. The van der Waals surface area contributed by atoms with Gasteiger partial charge in [-0.25, -0.2) is 8.42 Å². The van der Waals surface area contributed by atoms with Crippen LogP contribution in [0.5, 0.6) is 5.75 Å². The fraction of sp³-hybridized carbons (Fsp3) is 0.250. The van der Waals surface area contributed by atoms with Crippen LogP contribution in [0.2, 0.25) is 0 Å². The van der Waals surface area contributed by atoms with Crippen LogP contribution in [0.3, 0.4) is 0 Å². The molecule has 25 heavy (non-hydrogen) atoms. The molecule has 1 amide bonds. The Labute approximate surface area is 151 Å². The van der Waals surface area contributed by atoms with Gasteiger partial charge in [0.1, 0.15) is 5.75 Å². The van der Waals surface area contributed by atoms with E-state index in [9.17, 15) is 13.2 Å². The molecular weight excluding hydrogens is 362 g/mol. The van der Waals surface area contributed by atoms with Gasteiger partial charge in [0.25, 0.3) is 0 Å². The molecule has 9 heteroatoms. The minimum atomic E-state index is -3.41. The zero-order valence-electron chi connectivity index (χ0n) is 13.9. The Bertz CT molecular complexity index is 827. The molecule has 0 spiro atoms. The fourth-order valence-corrected chi connectivity index (χ4v) is 3.29. The number of amides is 1. The average molecular weight is 381 g/mol. The van der Waals surface area contributed by atoms with E-state index in [1.165, 1.54) is 24.9 Å². The van der Waals surface area contributed by atoms with Crippen LogP contribution in [0.15, 0.2) is 42.6 Å². The number of nitrogens with zero attached hydrogens (tertiary/aromatic N) is 1. The molecule has 7 nitrogen and oxygen atoms in total. The predicted octanol–water partition coefficient (Wildman–Crippen LogP) is 2.33. The third kappa shape index (κ3) is 6.63. The fourth-order valence-electron chi connectivity index (χ4n) is 1.98. The summed E-state index contributed by atoms with van der Waals surface area (Å²) in [4.78, 5) is 16.2. The molecule has 0 aliphatic rings. The standard InChI is InChI=1S/C16H19N3O4S2/c1-23-15-9-12(6-7-14(15)19-25(2,21)22)18-16(20)11-24-10-13-5-3-4-8-17-13/h3-9,19H,10-11H2,1-2H3,(H,18,20). The molecule has 2 N–H and O–H groups in total. The van der Waals surface area contributed by atoms with E-state index in [4.69, 9.17) is 4.74 Å². The lowest BCUT2D eigenvalue weighted by atomic mass is 10.2. The first-order valence-electron chi connectivity index (χ1n) is 7.31. The van der Waals surface area contributed by atoms with Gasteiger partial charge in [0.05, 0.1) is 30.5 Å². The number of sulfonamides is 1. The summed E-state index contributed by atoms with van der Waals surface area (Å²) in [6.45, 7) is 0. The van der Waals surface area contributed by atoms with Gasteiger partial charge in [0.15, 0.2) is 0 Å². The summed E-state index contributed by atoms with van der Waals surface area (Å²) < 4.78 is 30.2. The number of benzene rings is 1. The molecule has 0 atom stereocenters. The quantitative estimate of drug-likeness (QED) is 0.728. The Kier molecular flexibility index (Phi) is 6.65. The number of hydrogen-bond acceptors (Lipinski definition) is 6. The van der Waals surface area contributed by atoms with Gasteiger partial charge in [-0.1, -0.05) is 6.07 Å². The van der Waals surface area contributed by atoms with Crippen molar-refractivity contribution in [3.8, 4) is 5.75 Å². The summed E-state index contributed by atoms with van der Waals surface area (Å²) in [5.74, 6) is 1.09. The number of hydrogen-bond donors (Lipinski definition) is 2. The van der Waals surface area contributed by atoms with Crippen LogP contribution in [0.4, 0.5) is 11.4 Å². The van der Waals surface area contributed by atoms with Crippen molar-refractivity contribution in [2.24, 2.45) is 0 Å². The van der Waals surface area contributed by atoms with E-state index in [0.717, 1.165) is 11.9 Å². The Hall–Kier alpha value is -2.26. The molecule has 0 unspecified atom stereocenters. The lowest BCUT2D eigenvalue weighted by Crippen LogP contribution is -2.15. The summed E-state index contributed by atoms with van der Waals surface area (Å²) in [5.41, 5.74) is 1.75. The summed E-state index contributed by atoms with van der Waals surface area (Å²) in [6.07, 6.45) is 2.77. The number of methoxy groups -OCH3 is 1. The van der Waals surface area contributed by atoms with E-state index >= 15 is 0 Å². The van der Waals surface area contributed by atoms with E-state index in [1.54, 1.807) is 18.3 Å². The molecule has 2 rings (SSSR count). The summed E-state index contributed by atoms with van der Waals surface area (Å²) in [6, 6.07) is 10.4. The van der Waals surface area contributed by atoms with Gasteiger partial charge in [-0.3, -0.25) is 14.5 Å². The molecule has 2 aromatic rings. The number of rotatable bonds is 8. The van der Waals surface area contributed by atoms with Gasteiger partial charge in [-0.15, -0.1) is 11.8 Å². The number of thioether (sulfide) groups is 1. The maximum atomic E-state index is 12.0. The summed E-state index contributed by atoms with van der Waals surface area (Å²) in [7, 11) is -1.98. The number of nitrogens with one attached hydrogen (secondary N) is 2. The van der Waals surface area contributed by atoms with Crippen molar-refractivity contribution >= 4 is 39.1 Å². The van der Waals surface area contributed by atoms with Crippen LogP contribution in [0, 0.1) is 0 Å². The summed E-state index contributed by atoms with van der Waals surface area (Å²) >= 11 is 1.46. The van der Waals surface area contributed by atoms with Crippen molar-refractivity contribution in [2.75, 3.05) is 29.2 Å². The number of carbonyl (C=O) groups is 1. The first kappa shape index (κ1) is 19.1. The third-order valence-electron chi connectivity index (χ3n) is 2.99. The van der Waals surface area contributed by atoms with Crippen molar-refractivity contribution in [1.82, 2.24) is 4.98 Å². The smallest absolute Gasteiger partial charge is 0.234 e. The normalized spacial score (nSPS) is 11.0. The lowest BCUT2D eigenvalue weighted by Gasteiger charge is -2.12. The number of carbonyl (C=O) groups excluding carboxylic acids is 1. The first-order chi connectivity index (χ1) is 11.9. The second kappa shape index (κ2) is 8.72. The zero-order valence-corrected chi connectivity index (χ0v) is 15.5. The minimum absolute atomic E-state index is 0.160. The molecule has 0 aliphatic carbocycles. The predicted molar refractivity (Wildman–Crippen MR) is 100 cm³/mol. The maximum Gasteiger partial charge on any atom is 0.234 e. The molecular formula is C16H19N3O4S2. The second-order valence-corrected chi connectivity index (χ2v) is 7.89. The Balaban J connectivity index is 1.92. The zero-order chi connectivity index (χ0) is 18.3. The molecule has 1 aromatic heterocycles. The van der Waals surface area contributed by atoms with Crippen molar-refractivity contribution in [3.63, 3.8) is 0 Å². The van der Waals surface area contributed by atoms with Crippen LogP contribution in [-0.4, -0.2) is 38.4 Å². The van der Waals surface area contributed by atoms with E-state index in [-0.39, 0.29) is 11.7 Å². The van der Waals surface area contributed by atoms with Crippen molar-refractivity contribution in [2.45, 2.75) is 5.75 Å². The highest BCUT2D eigenvalue weighted by molar-refractivity contribution is 7.99. The molecule has 0 fully saturated rings. The number of aromatic nitrogens is 1. The van der Waals surface area contributed by atoms with Gasteiger partial charge in [0, 0.05) is 23.7 Å². The van der Waals surface area contributed by atoms with Gasteiger partial charge in [-0.05, 0) is 24.3 Å². The van der Waals surface area contributed by atoms with Crippen LogP contribution >= 0.6 is 11.8 Å². The van der Waals surface area contributed by atoms with Crippen LogP contribution < -0.4 is 14.8 Å². The van der Waals surface area contributed by atoms with E-state index in [0.29, 0.717) is 22.9 Å². The molecule has 1 aromatic carbocycles. The van der Waals surface area contributed by atoms with Gasteiger partial charge in [-0.2, -0.15) is 0 Å². The number of anilines is 2. The highest BCUT2D eigenvalue weighted by Crippen LogP contribution is 2.28. The molecule has 0 aliphatic heterocycles. The van der Waals surface area contributed by atoms with Gasteiger partial charge in [0.2, 0.25) is 15.9 Å². The number of pyridine rings is 1. The monoisotopic (exact) mass is 381 g/mol. The summed E-state index contributed by atoms with van der Waals surface area (Å²) in [5, 5.41) is 2.76. The maximum absolute atomic E-state index is 12.0. The molecule has 134 valence electrons. The van der Waals surface area contributed by atoms with Crippen LogP contribution in [0.1, 0.15) is 5.69 Å². The largest absolute Gasteiger partial charge is 0.494 e. The SMILES string of the molecule is COc1cc(NC(=O)CSCc2ccccn2)ccc1NS(C)(=O)=O. The van der Waals surface area contributed by atoms with Crippen molar-refractivity contribution < 1.29 is 17.9 Å². The molecule has 0 saturated heterocycles. The van der Waals surface area contributed by atoms with Gasteiger partial charge < -0.3 is 10.1 Å². The lowest BCUT2D eigenvalue weighted by molar-refractivity contribution is -0.113. The molecule has 0 saturated carbocycles. The first-order valence-corrected chi connectivity index (χ1v) is 10.4. The second-order valence-electron chi connectivity index (χ2n) is 5.15. The van der Waals surface area contributed by atoms with Gasteiger partial charge >= 0.3 is 0 Å². The molecule has 1 heterocycles. The number of ether oxygens (including phenoxy) is 1. The van der Waals surface area contributed by atoms with Crippen molar-refractivity contribution in [3.05, 3.63) is 48.3 Å².